The maximum absolute atomic E-state index is 13.0. The molecule has 0 bridgehead atoms. The van der Waals surface area contributed by atoms with Gasteiger partial charge in [-0.1, -0.05) is 35.9 Å². The zero-order valence-corrected chi connectivity index (χ0v) is 18.4. The van der Waals surface area contributed by atoms with Gasteiger partial charge in [0.25, 0.3) is 0 Å². The molecule has 4 nitrogen and oxygen atoms in total. The number of ether oxygens (including phenoxy) is 1. The van der Waals surface area contributed by atoms with Crippen LogP contribution in [0.3, 0.4) is 0 Å². The zero-order valence-electron chi connectivity index (χ0n) is 17.7. The quantitative estimate of drug-likeness (QED) is 0.352. The van der Waals surface area contributed by atoms with Crippen molar-refractivity contribution in [3.05, 3.63) is 88.0 Å². The molecule has 2 aliphatic carbocycles. The Morgan fingerprint density at radius 1 is 0.906 bits per heavy atom. The molecule has 2 aliphatic heterocycles. The number of carbonyl (C=O) groups excluding carboxylic acids is 2. The van der Waals surface area contributed by atoms with Crippen molar-refractivity contribution in [3.63, 3.8) is 0 Å². The largest absolute Gasteiger partial charge is 0.454 e. The van der Waals surface area contributed by atoms with E-state index in [0.29, 0.717) is 39.8 Å². The maximum Gasteiger partial charge on any atom is 0.338 e. The van der Waals surface area contributed by atoms with Crippen molar-refractivity contribution >= 4 is 29.0 Å². The van der Waals surface area contributed by atoms with E-state index in [1.807, 2.05) is 12.1 Å². The summed E-state index contributed by atoms with van der Waals surface area (Å²) in [6.45, 7) is 1.89. The molecule has 4 aliphatic rings. The van der Waals surface area contributed by atoms with E-state index in [9.17, 15) is 9.59 Å². The van der Waals surface area contributed by atoms with Crippen LogP contribution in [0.5, 0.6) is 0 Å². The first-order chi connectivity index (χ1) is 15.6. The number of hydrogen-bond donors (Lipinski definition) is 0. The standard InChI is InChI=1S/C27H24ClNO3/c28-20-9-7-16(8-10-20)25(30)15-32-27(31)19-11-23-21-5-1-3-17(21)13-29-14-18-4-2-6-22(18)24(12-19)26(23)29/h1-2,5-12,17-18,21-22H,3-4,13-15H2. The molecule has 0 saturated carbocycles. The number of fused-ring (bicyclic) bond motifs is 4. The average molecular weight is 446 g/mol. The Balaban J connectivity index is 1.31. The SMILES string of the molecule is O=C(COC(=O)c1cc2c3c(c1)C1C=CCC1CN3CC1CC=CC21)c1ccc(Cl)cc1. The van der Waals surface area contributed by atoms with Crippen LogP contribution in [0, 0.1) is 11.8 Å². The van der Waals surface area contributed by atoms with Gasteiger partial charge in [-0.25, -0.2) is 4.79 Å². The molecule has 2 heterocycles. The molecule has 0 fully saturated rings. The summed E-state index contributed by atoms with van der Waals surface area (Å²) >= 11 is 5.89. The predicted octanol–water partition coefficient (Wildman–Crippen LogP) is 5.53. The Hall–Kier alpha value is -2.85. The summed E-state index contributed by atoms with van der Waals surface area (Å²) in [5.41, 5.74) is 4.82. The number of ketones is 1. The van der Waals surface area contributed by atoms with Gasteiger partial charge < -0.3 is 9.64 Å². The Morgan fingerprint density at radius 3 is 2.09 bits per heavy atom. The summed E-state index contributed by atoms with van der Waals surface area (Å²) in [4.78, 5) is 28.0. The van der Waals surface area contributed by atoms with E-state index in [0.717, 1.165) is 25.9 Å². The fourth-order valence-corrected chi connectivity index (χ4v) is 6.05. The van der Waals surface area contributed by atoms with E-state index in [1.165, 1.54) is 16.8 Å². The molecule has 32 heavy (non-hydrogen) atoms. The van der Waals surface area contributed by atoms with Crippen LogP contribution in [0.25, 0.3) is 0 Å². The summed E-state index contributed by atoms with van der Waals surface area (Å²) in [5, 5.41) is 0.564. The van der Waals surface area contributed by atoms with Crippen LogP contribution >= 0.6 is 11.6 Å². The van der Waals surface area contributed by atoms with Gasteiger partial charge in [0, 0.05) is 41.2 Å². The Kier molecular flexibility index (Phi) is 4.72. The number of carbonyl (C=O) groups is 2. The highest BCUT2D eigenvalue weighted by Crippen LogP contribution is 2.53. The number of benzene rings is 2. The molecule has 6 rings (SSSR count). The van der Waals surface area contributed by atoms with Crippen LogP contribution in [0.15, 0.2) is 60.7 Å². The van der Waals surface area contributed by atoms with Crippen molar-refractivity contribution in [2.24, 2.45) is 11.8 Å². The third-order valence-electron chi connectivity index (χ3n) is 7.43. The minimum atomic E-state index is -0.439. The van der Waals surface area contributed by atoms with Crippen LogP contribution < -0.4 is 4.90 Å². The molecule has 2 aromatic rings. The number of nitrogens with zero attached hydrogens (tertiary/aromatic N) is 1. The molecule has 0 aromatic heterocycles. The van der Waals surface area contributed by atoms with Gasteiger partial charge in [-0.05, 0) is 72.2 Å². The fraction of sp³-hybridized carbons (Fsp3) is 0.333. The fourth-order valence-electron chi connectivity index (χ4n) is 5.93. The number of anilines is 1. The molecule has 0 N–H and O–H groups in total. The highest BCUT2D eigenvalue weighted by atomic mass is 35.5. The number of esters is 1. The molecule has 5 heteroatoms. The van der Waals surface area contributed by atoms with Gasteiger partial charge in [0.1, 0.15) is 0 Å². The minimum absolute atomic E-state index is 0.238. The van der Waals surface area contributed by atoms with Gasteiger partial charge in [0.2, 0.25) is 0 Å². The van der Waals surface area contributed by atoms with Crippen molar-refractivity contribution in [1.82, 2.24) is 0 Å². The second-order valence-electron chi connectivity index (χ2n) is 9.31. The summed E-state index contributed by atoms with van der Waals surface area (Å²) < 4.78 is 5.46. The lowest BCUT2D eigenvalue weighted by atomic mass is 9.74. The topological polar surface area (TPSA) is 46.6 Å². The second-order valence-corrected chi connectivity index (χ2v) is 9.75. The maximum atomic E-state index is 13.0. The molecule has 162 valence electrons. The van der Waals surface area contributed by atoms with Gasteiger partial charge in [0.05, 0.1) is 5.56 Å². The number of allylic oxidation sites excluding steroid dienone is 4. The number of halogens is 1. The molecule has 0 amide bonds. The minimum Gasteiger partial charge on any atom is -0.454 e. The molecule has 0 radical (unpaired) electrons. The normalized spacial score (nSPS) is 26.5. The van der Waals surface area contributed by atoms with E-state index in [4.69, 9.17) is 16.3 Å². The second kappa shape index (κ2) is 7.63. The molecule has 2 aromatic carbocycles. The van der Waals surface area contributed by atoms with E-state index in [2.05, 4.69) is 29.2 Å². The van der Waals surface area contributed by atoms with Crippen LogP contribution in [0.2, 0.25) is 5.02 Å². The average Bonchev–Trinajstić information content (AvgIpc) is 3.47. The van der Waals surface area contributed by atoms with Crippen LogP contribution in [0.1, 0.15) is 56.5 Å². The summed E-state index contributed by atoms with van der Waals surface area (Å²) in [5.74, 6) is 1.16. The third kappa shape index (κ3) is 3.20. The van der Waals surface area contributed by atoms with Crippen LogP contribution in [0.4, 0.5) is 5.69 Å². The first-order valence-corrected chi connectivity index (χ1v) is 11.7. The van der Waals surface area contributed by atoms with Gasteiger partial charge in [-0.15, -0.1) is 0 Å². The van der Waals surface area contributed by atoms with Crippen molar-refractivity contribution < 1.29 is 14.3 Å². The molecule has 0 spiro atoms. The van der Waals surface area contributed by atoms with E-state index < -0.39 is 5.97 Å². The highest BCUT2D eigenvalue weighted by Gasteiger charge is 2.42. The molecule has 4 atom stereocenters. The number of rotatable bonds is 4. The summed E-state index contributed by atoms with van der Waals surface area (Å²) in [6, 6.07) is 10.6. The van der Waals surface area contributed by atoms with Gasteiger partial charge >= 0.3 is 5.97 Å². The number of Topliss-reactive ketones (excluding diaryl/α,β-unsaturated/α-hetero) is 1. The molecule has 4 unspecified atom stereocenters. The molecular weight excluding hydrogens is 422 g/mol. The summed E-state index contributed by atoms with van der Waals surface area (Å²) in [6.07, 6.45) is 11.3. The Labute approximate surface area is 192 Å². The smallest absolute Gasteiger partial charge is 0.338 e. The number of hydrogen-bond acceptors (Lipinski definition) is 4. The lowest BCUT2D eigenvalue weighted by Gasteiger charge is -2.46. The van der Waals surface area contributed by atoms with E-state index in [1.54, 1.807) is 24.3 Å². The lowest BCUT2D eigenvalue weighted by molar-refractivity contribution is 0.0474. The zero-order chi connectivity index (χ0) is 21.8. The van der Waals surface area contributed by atoms with Gasteiger partial charge in [0.15, 0.2) is 12.4 Å². The Morgan fingerprint density at radius 2 is 1.50 bits per heavy atom. The van der Waals surface area contributed by atoms with Crippen LogP contribution in [-0.2, 0) is 4.74 Å². The van der Waals surface area contributed by atoms with Crippen LogP contribution in [-0.4, -0.2) is 31.4 Å². The van der Waals surface area contributed by atoms with Gasteiger partial charge in [-0.2, -0.15) is 0 Å². The van der Waals surface area contributed by atoms with Crippen molar-refractivity contribution in [2.45, 2.75) is 24.7 Å². The van der Waals surface area contributed by atoms with Crippen molar-refractivity contribution in [2.75, 3.05) is 24.6 Å². The van der Waals surface area contributed by atoms with Gasteiger partial charge in [-0.3, -0.25) is 4.79 Å². The predicted molar refractivity (Wildman–Crippen MR) is 125 cm³/mol. The summed E-state index contributed by atoms with van der Waals surface area (Å²) in [7, 11) is 0. The van der Waals surface area contributed by atoms with Crippen molar-refractivity contribution in [3.8, 4) is 0 Å². The highest BCUT2D eigenvalue weighted by molar-refractivity contribution is 6.30. The van der Waals surface area contributed by atoms with E-state index in [-0.39, 0.29) is 12.4 Å². The van der Waals surface area contributed by atoms with Crippen molar-refractivity contribution in [1.29, 1.82) is 0 Å². The Bertz CT molecular complexity index is 1110. The molecular formula is C27H24ClNO3. The van der Waals surface area contributed by atoms with E-state index >= 15 is 0 Å². The third-order valence-corrected chi connectivity index (χ3v) is 7.68. The first-order valence-electron chi connectivity index (χ1n) is 11.3. The monoisotopic (exact) mass is 445 g/mol. The first kappa shape index (κ1) is 19.8. The lowest BCUT2D eigenvalue weighted by Crippen LogP contribution is -2.43. The molecule has 0 saturated heterocycles.